The van der Waals surface area contributed by atoms with E-state index in [1.165, 1.54) is 23.5 Å². The minimum atomic E-state index is -0.265. The summed E-state index contributed by atoms with van der Waals surface area (Å²) < 4.78 is 13.1. The third kappa shape index (κ3) is 4.99. The number of aromatic nitrogens is 1. The molecule has 1 aromatic heterocycles. The van der Waals surface area contributed by atoms with Crippen molar-refractivity contribution in [3.05, 3.63) is 86.6 Å². The van der Waals surface area contributed by atoms with E-state index >= 15 is 0 Å². The van der Waals surface area contributed by atoms with Gasteiger partial charge >= 0.3 is 0 Å². The van der Waals surface area contributed by atoms with Crippen LogP contribution < -0.4 is 5.32 Å². The molecule has 5 nitrogen and oxygen atoms in total. The Morgan fingerprint density at radius 3 is 2.35 bits per heavy atom. The second-order valence-corrected chi connectivity index (χ2v) is 8.85. The molecule has 31 heavy (non-hydrogen) atoms. The maximum absolute atomic E-state index is 13.4. The number of hydrogen-bond acceptors (Lipinski definition) is 4. The molecule has 0 spiro atoms. The molecular weight excluding hydrogens is 413 g/mol. The molecule has 0 atom stereocenters. The summed E-state index contributed by atoms with van der Waals surface area (Å²) in [6.45, 7) is 2.36. The van der Waals surface area contributed by atoms with Crippen molar-refractivity contribution in [2.75, 3.05) is 7.05 Å². The Morgan fingerprint density at radius 1 is 1.10 bits per heavy atom. The zero-order valence-electron chi connectivity index (χ0n) is 17.5. The highest BCUT2D eigenvalue weighted by molar-refractivity contribution is 7.13. The summed E-state index contributed by atoms with van der Waals surface area (Å²) in [7, 11) is 1.60. The summed E-state index contributed by atoms with van der Waals surface area (Å²) in [6.07, 6.45) is 2.58. The Bertz CT molecular complexity index is 1090. The highest BCUT2D eigenvalue weighted by Crippen LogP contribution is 2.32. The molecule has 1 saturated carbocycles. The lowest BCUT2D eigenvalue weighted by Gasteiger charge is -2.22. The van der Waals surface area contributed by atoms with Gasteiger partial charge in [0.05, 0.1) is 10.7 Å². The van der Waals surface area contributed by atoms with Gasteiger partial charge in [-0.3, -0.25) is 9.59 Å². The van der Waals surface area contributed by atoms with Gasteiger partial charge in [0.1, 0.15) is 10.7 Å². The van der Waals surface area contributed by atoms with Crippen molar-refractivity contribution in [3.63, 3.8) is 0 Å². The van der Waals surface area contributed by atoms with Crippen molar-refractivity contribution in [1.29, 1.82) is 0 Å². The molecular formula is C24H24FN3O2S. The molecule has 0 aliphatic heterocycles. The minimum absolute atomic E-state index is 0.00164. The molecule has 3 aromatic rings. The van der Waals surface area contributed by atoms with E-state index in [-0.39, 0.29) is 23.7 Å². The van der Waals surface area contributed by atoms with Gasteiger partial charge in [0, 0.05) is 31.6 Å². The van der Waals surface area contributed by atoms with Crippen LogP contribution in [0.3, 0.4) is 0 Å². The number of nitrogens with zero attached hydrogens (tertiary/aromatic N) is 2. The summed E-state index contributed by atoms with van der Waals surface area (Å²) in [4.78, 5) is 32.3. The standard InChI is InChI=1S/C24H24FN3O2S/c1-15-22(31-21(27-15)13-16-5-9-19(25)10-6-16)24(30)28(20-11-12-20)14-17-3-7-18(8-4-17)23(29)26-2/h3-10,20H,11-14H2,1-2H3,(H,26,29). The van der Waals surface area contributed by atoms with Gasteiger partial charge in [0.25, 0.3) is 11.8 Å². The number of aryl methyl sites for hydroxylation is 1. The van der Waals surface area contributed by atoms with Crippen LogP contribution in [0.2, 0.25) is 0 Å². The molecule has 160 valence electrons. The Morgan fingerprint density at radius 2 is 1.74 bits per heavy atom. The zero-order valence-corrected chi connectivity index (χ0v) is 18.3. The predicted octanol–water partition coefficient (Wildman–Crippen LogP) is 4.35. The Balaban J connectivity index is 1.50. The minimum Gasteiger partial charge on any atom is -0.355 e. The first-order chi connectivity index (χ1) is 14.9. The van der Waals surface area contributed by atoms with Gasteiger partial charge in [-0.05, 0) is 55.2 Å². The molecule has 0 saturated heterocycles. The van der Waals surface area contributed by atoms with Gasteiger partial charge in [-0.15, -0.1) is 11.3 Å². The average molecular weight is 438 g/mol. The van der Waals surface area contributed by atoms with E-state index in [9.17, 15) is 14.0 Å². The summed E-state index contributed by atoms with van der Waals surface area (Å²) >= 11 is 1.41. The van der Waals surface area contributed by atoms with Crippen molar-refractivity contribution in [3.8, 4) is 0 Å². The molecule has 2 amide bonds. The number of benzene rings is 2. The van der Waals surface area contributed by atoms with Crippen molar-refractivity contribution in [2.24, 2.45) is 0 Å². The monoisotopic (exact) mass is 437 g/mol. The van der Waals surface area contributed by atoms with E-state index in [1.54, 1.807) is 31.3 Å². The van der Waals surface area contributed by atoms with E-state index in [2.05, 4.69) is 10.3 Å². The van der Waals surface area contributed by atoms with Crippen LogP contribution in [-0.4, -0.2) is 34.8 Å². The Labute approximate surface area is 184 Å². The highest BCUT2D eigenvalue weighted by atomic mass is 32.1. The normalized spacial score (nSPS) is 13.1. The van der Waals surface area contributed by atoms with Crippen molar-refractivity contribution in [1.82, 2.24) is 15.2 Å². The molecule has 0 bridgehead atoms. The third-order valence-electron chi connectivity index (χ3n) is 5.35. The summed E-state index contributed by atoms with van der Waals surface area (Å²) in [5.41, 5.74) is 3.28. The third-order valence-corrected chi connectivity index (χ3v) is 6.49. The number of rotatable bonds is 7. The van der Waals surface area contributed by atoms with E-state index in [0.717, 1.165) is 34.7 Å². The lowest BCUT2D eigenvalue weighted by molar-refractivity contribution is 0.0733. The summed E-state index contributed by atoms with van der Waals surface area (Å²) in [5.74, 6) is -0.396. The lowest BCUT2D eigenvalue weighted by Crippen LogP contribution is -2.32. The average Bonchev–Trinajstić information content (AvgIpc) is 3.55. The van der Waals surface area contributed by atoms with Gasteiger partial charge in [-0.2, -0.15) is 0 Å². The number of thiazole rings is 1. The number of carbonyl (C=O) groups excluding carboxylic acids is 2. The molecule has 1 heterocycles. The first-order valence-electron chi connectivity index (χ1n) is 10.3. The fourth-order valence-electron chi connectivity index (χ4n) is 3.49. The number of carbonyl (C=O) groups is 2. The summed E-state index contributed by atoms with van der Waals surface area (Å²) in [6, 6.07) is 14.0. The maximum atomic E-state index is 13.4. The summed E-state index contributed by atoms with van der Waals surface area (Å²) in [5, 5.41) is 3.46. The SMILES string of the molecule is CNC(=O)c1ccc(CN(C(=O)c2sc(Cc3ccc(F)cc3)nc2C)C2CC2)cc1. The van der Waals surface area contributed by atoms with Crippen molar-refractivity contribution in [2.45, 2.75) is 38.8 Å². The number of halogens is 1. The first-order valence-corrected chi connectivity index (χ1v) is 11.1. The molecule has 7 heteroatoms. The molecule has 2 aromatic carbocycles. The predicted molar refractivity (Wildman–Crippen MR) is 119 cm³/mol. The molecule has 1 aliphatic rings. The topological polar surface area (TPSA) is 62.3 Å². The van der Waals surface area contributed by atoms with E-state index < -0.39 is 0 Å². The van der Waals surface area contributed by atoms with Crippen LogP contribution in [0.25, 0.3) is 0 Å². The second-order valence-electron chi connectivity index (χ2n) is 7.77. The number of amides is 2. The molecule has 1 aliphatic carbocycles. The molecule has 0 unspecified atom stereocenters. The van der Waals surface area contributed by atoms with Gasteiger partial charge < -0.3 is 10.2 Å². The first kappa shape index (κ1) is 21.2. The largest absolute Gasteiger partial charge is 0.355 e. The molecule has 1 fully saturated rings. The van der Waals surface area contributed by atoms with Gasteiger partial charge in [-0.1, -0.05) is 24.3 Å². The van der Waals surface area contributed by atoms with Gasteiger partial charge in [0.15, 0.2) is 0 Å². The van der Waals surface area contributed by atoms with Crippen molar-refractivity contribution < 1.29 is 14.0 Å². The quantitative estimate of drug-likeness (QED) is 0.598. The van der Waals surface area contributed by atoms with E-state index in [0.29, 0.717) is 23.4 Å². The molecule has 4 rings (SSSR count). The molecule has 1 N–H and O–H groups in total. The number of nitrogens with one attached hydrogen (secondary N) is 1. The van der Waals surface area contributed by atoms with Crippen LogP contribution in [0, 0.1) is 12.7 Å². The van der Waals surface area contributed by atoms with Crippen LogP contribution in [0.5, 0.6) is 0 Å². The van der Waals surface area contributed by atoms with E-state index in [4.69, 9.17) is 0 Å². The van der Waals surface area contributed by atoms with Crippen LogP contribution in [0.15, 0.2) is 48.5 Å². The number of hydrogen-bond donors (Lipinski definition) is 1. The Kier molecular flexibility index (Phi) is 6.13. The fourth-order valence-corrected chi connectivity index (χ4v) is 4.54. The van der Waals surface area contributed by atoms with Crippen LogP contribution >= 0.6 is 11.3 Å². The smallest absolute Gasteiger partial charge is 0.266 e. The van der Waals surface area contributed by atoms with Crippen LogP contribution in [-0.2, 0) is 13.0 Å². The molecule has 0 radical (unpaired) electrons. The maximum Gasteiger partial charge on any atom is 0.266 e. The fraction of sp³-hybridized carbons (Fsp3) is 0.292. The van der Waals surface area contributed by atoms with Crippen LogP contribution in [0.1, 0.15) is 54.7 Å². The zero-order chi connectivity index (χ0) is 22.0. The van der Waals surface area contributed by atoms with Crippen LogP contribution in [0.4, 0.5) is 4.39 Å². The van der Waals surface area contributed by atoms with Gasteiger partial charge in [-0.25, -0.2) is 9.37 Å². The Hall–Kier alpha value is -3.06. The van der Waals surface area contributed by atoms with E-state index in [1.807, 2.05) is 24.0 Å². The highest BCUT2D eigenvalue weighted by Gasteiger charge is 2.34. The van der Waals surface area contributed by atoms with Gasteiger partial charge in [0.2, 0.25) is 0 Å². The van der Waals surface area contributed by atoms with Crippen molar-refractivity contribution >= 4 is 23.2 Å². The second kappa shape index (κ2) is 8.98. The lowest BCUT2D eigenvalue weighted by atomic mass is 10.1.